The quantitative estimate of drug-likeness (QED) is 0.835. The second-order valence-electron chi connectivity index (χ2n) is 4.45. The Labute approximate surface area is 126 Å². The summed E-state index contributed by atoms with van der Waals surface area (Å²) in [6, 6.07) is 2.34. The largest absolute Gasteiger partial charge is 0.305 e. The Balaban J connectivity index is 2.28. The van der Waals surface area contributed by atoms with Crippen LogP contribution in [0.2, 0.25) is 0 Å². The van der Waals surface area contributed by atoms with Gasteiger partial charge in [-0.1, -0.05) is 19.1 Å². The number of halogens is 1. The molecule has 0 saturated heterocycles. The molecule has 0 aromatic carbocycles. The molecular formula is C13H19BrN4S. The van der Waals surface area contributed by atoms with Gasteiger partial charge >= 0.3 is 0 Å². The minimum Gasteiger partial charge on any atom is -0.305 e. The smallest absolute Gasteiger partial charge is 0.0802 e. The van der Waals surface area contributed by atoms with Gasteiger partial charge in [-0.3, -0.25) is 0 Å². The molecule has 0 bridgehead atoms. The van der Waals surface area contributed by atoms with Gasteiger partial charge in [-0.25, -0.2) is 4.68 Å². The molecular weight excluding hydrogens is 324 g/mol. The number of hydrogen-bond donors (Lipinski definition) is 1. The van der Waals surface area contributed by atoms with Crippen molar-refractivity contribution in [3.8, 4) is 0 Å². The molecule has 1 atom stereocenters. The van der Waals surface area contributed by atoms with Crippen molar-refractivity contribution in [2.24, 2.45) is 0 Å². The third kappa shape index (κ3) is 3.64. The van der Waals surface area contributed by atoms with Crippen molar-refractivity contribution in [1.82, 2.24) is 20.3 Å². The standard InChI is InChI=1S/C13H19BrN4S/c1-3-5-15-13(10-7-12(14)19-9-10)11-8-16-17-18(11)6-4-2/h7-9,13,15H,3-6H2,1-2H3. The fraction of sp³-hybridized carbons (Fsp3) is 0.538. The molecule has 2 aromatic rings. The molecule has 1 N–H and O–H groups in total. The molecule has 6 heteroatoms. The van der Waals surface area contributed by atoms with Crippen molar-refractivity contribution in [2.75, 3.05) is 6.54 Å². The number of nitrogens with zero attached hydrogens (tertiary/aromatic N) is 3. The van der Waals surface area contributed by atoms with Crippen LogP contribution in [0.4, 0.5) is 0 Å². The maximum Gasteiger partial charge on any atom is 0.0802 e. The topological polar surface area (TPSA) is 42.7 Å². The van der Waals surface area contributed by atoms with Crippen LogP contribution in [0, 0.1) is 0 Å². The predicted molar refractivity (Wildman–Crippen MR) is 82.5 cm³/mol. The van der Waals surface area contributed by atoms with E-state index in [1.54, 1.807) is 11.3 Å². The Kier molecular flexibility index (Phi) is 5.54. The molecule has 1 unspecified atom stereocenters. The lowest BCUT2D eigenvalue weighted by molar-refractivity contribution is 0.505. The van der Waals surface area contributed by atoms with Crippen LogP contribution in [0.5, 0.6) is 0 Å². The molecule has 0 fully saturated rings. The lowest BCUT2D eigenvalue weighted by Crippen LogP contribution is -2.25. The first-order valence-electron chi connectivity index (χ1n) is 6.62. The van der Waals surface area contributed by atoms with Crippen LogP contribution in [0.25, 0.3) is 0 Å². The van der Waals surface area contributed by atoms with Gasteiger partial charge in [0.25, 0.3) is 0 Å². The number of rotatable bonds is 7. The van der Waals surface area contributed by atoms with Crippen LogP contribution in [0.1, 0.15) is 44.0 Å². The average Bonchev–Trinajstić information content (AvgIpc) is 3.01. The summed E-state index contributed by atoms with van der Waals surface area (Å²) in [6.45, 7) is 6.22. The lowest BCUT2D eigenvalue weighted by atomic mass is 10.1. The number of aromatic nitrogens is 3. The maximum absolute atomic E-state index is 4.19. The number of hydrogen-bond acceptors (Lipinski definition) is 4. The molecule has 0 aliphatic carbocycles. The summed E-state index contributed by atoms with van der Waals surface area (Å²) in [6.07, 6.45) is 4.04. The van der Waals surface area contributed by atoms with Crippen molar-refractivity contribution in [2.45, 2.75) is 39.3 Å². The van der Waals surface area contributed by atoms with E-state index in [0.29, 0.717) is 0 Å². The molecule has 0 saturated carbocycles. The van der Waals surface area contributed by atoms with Crippen LogP contribution >= 0.6 is 27.3 Å². The first kappa shape index (κ1) is 14.7. The molecule has 0 aliphatic heterocycles. The zero-order chi connectivity index (χ0) is 13.7. The van der Waals surface area contributed by atoms with E-state index >= 15 is 0 Å². The Morgan fingerprint density at radius 2 is 2.26 bits per heavy atom. The SMILES string of the molecule is CCCNC(c1csc(Br)c1)c1cnnn1CCC. The van der Waals surface area contributed by atoms with Crippen LogP contribution in [0.3, 0.4) is 0 Å². The Bertz CT molecular complexity index is 508. The molecule has 104 valence electrons. The molecule has 19 heavy (non-hydrogen) atoms. The van der Waals surface area contributed by atoms with Crippen molar-refractivity contribution in [3.05, 3.63) is 32.7 Å². The van der Waals surface area contributed by atoms with Gasteiger partial charge in [0.15, 0.2) is 0 Å². The average molecular weight is 343 g/mol. The van der Waals surface area contributed by atoms with E-state index < -0.39 is 0 Å². The van der Waals surface area contributed by atoms with Gasteiger partial charge in [-0.15, -0.1) is 16.4 Å². The summed E-state index contributed by atoms with van der Waals surface area (Å²) in [5, 5.41) is 14.0. The van der Waals surface area contributed by atoms with E-state index in [4.69, 9.17) is 0 Å². The summed E-state index contributed by atoms with van der Waals surface area (Å²) < 4.78 is 3.15. The fourth-order valence-corrected chi connectivity index (χ4v) is 3.23. The second-order valence-corrected chi connectivity index (χ2v) is 6.74. The summed E-state index contributed by atoms with van der Waals surface area (Å²) in [4.78, 5) is 0. The minimum atomic E-state index is 0.170. The van der Waals surface area contributed by atoms with E-state index in [1.165, 1.54) is 5.56 Å². The molecule has 0 amide bonds. The summed E-state index contributed by atoms with van der Waals surface area (Å²) >= 11 is 5.24. The molecule has 2 aromatic heterocycles. The second kappa shape index (κ2) is 7.17. The van der Waals surface area contributed by atoms with Crippen LogP contribution in [0.15, 0.2) is 21.4 Å². The van der Waals surface area contributed by atoms with E-state index in [-0.39, 0.29) is 6.04 Å². The maximum atomic E-state index is 4.19. The fourth-order valence-electron chi connectivity index (χ4n) is 2.03. The van der Waals surface area contributed by atoms with E-state index in [2.05, 4.69) is 56.9 Å². The van der Waals surface area contributed by atoms with E-state index in [1.807, 2.05) is 10.9 Å². The molecule has 0 spiro atoms. The first-order valence-corrected chi connectivity index (χ1v) is 8.29. The Morgan fingerprint density at radius 1 is 1.42 bits per heavy atom. The Morgan fingerprint density at radius 3 is 2.89 bits per heavy atom. The Hall–Kier alpha value is -0.720. The summed E-state index contributed by atoms with van der Waals surface area (Å²) in [5.74, 6) is 0. The first-order chi connectivity index (χ1) is 9.26. The highest BCUT2D eigenvalue weighted by Gasteiger charge is 2.19. The van der Waals surface area contributed by atoms with Crippen LogP contribution in [-0.4, -0.2) is 21.5 Å². The number of aryl methyl sites for hydroxylation is 1. The highest BCUT2D eigenvalue weighted by Crippen LogP contribution is 2.29. The third-order valence-electron chi connectivity index (χ3n) is 2.90. The van der Waals surface area contributed by atoms with Gasteiger partial charge in [0.05, 0.1) is 21.7 Å². The lowest BCUT2D eigenvalue weighted by Gasteiger charge is -2.18. The van der Waals surface area contributed by atoms with Gasteiger partial charge in [-0.2, -0.15) is 0 Å². The van der Waals surface area contributed by atoms with Gasteiger partial charge < -0.3 is 5.32 Å². The summed E-state index contributed by atoms with van der Waals surface area (Å²) in [7, 11) is 0. The molecule has 4 nitrogen and oxygen atoms in total. The molecule has 2 heterocycles. The molecule has 2 rings (SSSR count). The monoisotopic (exact) mass is 342 g/mol. The summed E-state index contributed by atoms with van der Waals surface area (Å²) in [5.41, 5.74) is 2.41. The van der Waals surface area contributed by atoms with Crippen molar-refractivity contribution in [3.63, 3.8) is 0 Å². The molecule has 0 aliphatic rings. The van der Waals surface area contributed by atoms with Gasteiger partial charge in [-0.05, 0) is 52.3 Å². The van der Waals surface area contributed by atoms with Crippen molar-refractivity contribution >= 4 is 27.3 Å². The van der Waals surface area contributed by atoms with E-state index in [9.17, 15) is 0 Å². The van der Waals surface area contributed by atoms with Crippen LogP contribution < -0.4 is 5.32 Å². The van der Waals surface area contributed by atoms with Crippen molar-refractivity contribution < 1.29 is 0 Å². The zero-order valence-electron chi connectivity index (χ0n) is 11.3. The normalized spacial score (nSPS) is 12.8. The number of nitrogens with one attached hydrogen (secondary N) is 1. The number of thiophene rings is 1. The van der Waals surface area contributed by atoms with E-state index in [0.717, 1.165) is 35.4 Å². The highest BCUT2D eigenvalue weighted by molar-refractivity contribution is 9.11. The highest BCUT2D eigenvalue weighted by atomic mass is 79.9. The molecule has 0 radical (unpaired) electrons. The van der Waals surface area contributed by atoms with Gasteiger partial charge in [0.2, 0.25) is 0 Å². The zero-order valence-corrected chi connectivity index (χ0v) is 13.7. The van der Waals surface area contributed by atoms with Crippen LogP contribution in [-0.2, 0) is 6.54 Å². The predicted octanol–water partition coefficient (Wildman–Crippen LogP) is 3.60. The third-order valence-corrected chi connectivity index (χ3v) is 4.42. The van der Waals surface area contributed by atoms with Crippen molar-refractivity contribution in [1.29, 1.82) is 0 Å². The minimum absolute atomic E-state index is 0.170. The van der Waals surface area contributed by atoms with Gasteiger partial charge in [0.1, 0.15) is 0 Å². The van der Waals surface area contributed by atoms with Gasteiger partial charge in [0, 0.05) is 6.54 Å².